The van der Waals surface area contributed by atoms with Gasteiger partial charge in [-0.1, -0.05) is 24.3 Å². The van der Waals surface area contributed by atoms with Crippen LogP contribution in [0.3, 0.4) is 0 Å². The number of rotatable bonds is 8. The molecule has 170 valence electrons. The zero-order chi connectivity index (χ0) is 22.9. The van der Waals surface area contributed by atoms with E-state index in [1.165, 1.54) is 4.90 Å². The Hall–Kier alpha value is -3.39. The van der Waals surface area contributed by atoms with Gasteiger partial charge in [-0.3, -0.25) is 19.3 Å². The first-order chi connectivity index (χ1) is 15.4. The van der Waals surface area contributed by atoms with Crippen LogP contribution in [-0.4, -0.2) is 67.9 Å². The van der Waals surface area contributed by atoms with Crippen LogP contribution in [0.25, 0.3) is 0 Å². The summed E-state index contributed by atoms with van der Waals surface area (Å²) in [6, 6.07) is 16.5. The second-order valence-electron chi connectivity index (χ2n) is 7.94. The van der Waals surface area contributed by atoms with Crippen molar-refractivity contribution < 1.29 is 19.1 Å². The molecular formula is C24H30N4O4. The lowest BCUT2D eigenvalue weighted by Crippen LogP contribution is -2.45. The van der Waals surface area contributed by atoms with Gasteiger partial charge in [0.25, 0.3) is 0 Å². The van der Waals surface area contributed by atoms with E-state index in [2.05, 4.69) is 10.6 Å². The van der Waals surface area contributed by atoms with Crippen molar-refractivity contribution in [3.05, 3.63) is 54.6 Å². The number of likely N-dealkylation sites (tertiary alicyclic amines) is 1. The van der Waals surface area contributed by atoms with Crippen molar-refractivity contribution in [3.63, 3.8) is 0 Å². The zero-order valence-electron chi connectivity index (χ0n) is 18.5. The Bertz CT molecular complexity index is 927. The van der Waals surface area contributed by atoms with Crippen LogP contribution in [0.15, 0.2) is 54.6 Å². The fourth-order valence-corrected chi connectivity index (χ4v) is 3.64. The SMILES string of the molecule is COc1cccc(NC(=O)CN(C)C(=O)CN2CCC(C(=O)Nc3ccccc3)CC2)c1. The van der Waals surface area contributed by atoms with Crippen LogP contribution in [0, 0.1) is 5.92 Å². The number of para-hydroxylation sites is 1. The lowest BCUT2D eigenvalue weighted by Gasteiger charge is -2.31. The third-order valence-corrected chi connectivity index (χ3v) is 5.52. The molecule has 2 aromatic carbocycles. The number of hydrogen-bond donors (Lipinski definition) is 2. The standard InChI is InChI=1S/C24H30N4O4/c1-27(16-22(29)25-20-9-6-10-21(15-20)32-2)23(30)17-28-13-11-18(12-14-28)24(31)26-19-7-4-3-5-8-19/h3-10,15,18H,11-14,16-17H2,1-2H3,(H,25,29)(H,26,31). The number of amides is 3. The molecule has 3 amide bonds. The molecule has 0 radical (unpaired) electrons. The first kappa shape index (κ1) is 23.3. The van der Waals surface area contributed by atoms with Gasteiger partial charge in [0.2, 0.25) is 17.7 Å². The van der Waals surface area contributed by atoms with Gasteiger partial charge >= 0.3 is 0 Å². The Labute approximate surface area is 188 Å². The van der Waals surface area contributed by atoms with E-state index in [1.54, 1.807) is 38.4 Å². The highest BCUT2D eigenvalue weighted by molar-refractivity contribution is 5.95. The number of nitrogens with one attached hydrogen (secondary N) is 2. The Balaban J connectivity index is 1.40. The molecule has 8 heteroatoms. The first-order valence-corrected chi connectivity index (χ1v) is 10.7. The summed E-state index contributed by atoms with van der Waals surface area (Å²) in [5.74, 6) is 0.206. The second kappa shape index (κ2) is 11.3. The molecule has 1 aliphatic heterocycles. The number of carbonyl (C=O) groups is 3. The molecular weight excluding hydrogens is 408 g/mol. The van der Waals surface area contributed by atoms with Crippen LogP contribution < -0.4 is 15.4 Å². The number of ether oxygens (including phenoxy) is 1. The minimum absolute atomic E-state index is 0.0218. The number of nitrogens with zero attached hydrogens (tertiary/aromatic N) is 2. The van der Waals surface area contributed by atoms with Gasteiger partial charge in [-0.2, -0.15) is 0 Å². The summed E-state index contributed by atoms with van der Waals surface area (Å²) in [5, 5.41) is 5.72. The van der Waals surface area contributed by atoms with Gasteiger partial charge in [-0.05, 0) is 50.2 Å². The van der Waals surface area contributed by atoms with Gasteiger partial charge in [0.1, 0.15) is 5.75 Å². The maximum absolute atomic E-state index is 12.6. The number of hydrogen-bond acceptors (Lipinski definition) is 5. The number of piperidine rings is 1. The number of methoxy groups -OCH3 is 1. The average Bonchev–Trinajstić information content (AvgIpc) is 2.80. The van der Waals surface area contributed by atoms with E-state index in [0.717, 1.165) is 5.69 Å². The van der Waals surface area contributed by atoms with Crippen molar-refractivity contribution in [2.45, 2.75) is 12.8 Å². The summed E-state index contributed by atoms with van der Waals surface area (Å²) in [4.78, 5) is 40.8. The Morgan fingerprint density at radius 2 is 1.69 bits per heavy atom. The molecule has 0 aromatic heterocycles. The van der Waals surface area contributed by atoms with Crippen molar-refractivity contribution in [2.24, 2.45) is 5.92 Å². The lowest BCUT2D eigenvalue weighted by molar-refractivity contribution is -0.134. The molecule has 1 aliphatic rings. The molecule has 1 saturated heterocycles. The van der Waals surface area contributed by atoms with Crippen molar-refractivity contribution in [3.8, 4) is 5.75 Å². The Kier molecular flexibility index (Phi) is 8.21. The zero-order valence-corrected chi connectivity index (χ0v) is 18.5. The summed E-state index contributed by atoms with van der Waals surface area (Å²) >= 11 is 0. The normalized spacial score (nSPS) is 14.4. The highest BCUT2D eigenvalue weighted by Crippen LogP contribution is 2.20. The van der Waals surface area contributed by atoms with Crippen LogP contribution >= 0.6 is 0 Å². The molecule has 0 bridgehead atoms. The van der Waals surface area contributed by atoms with Crippen LogP contribution in [0.1, 0.15) is 12.8 Å². The van der Waals surface area contributed by atoms with Gasteiger partial charge in [-0.25, -0.2) is 0 Å². The van der Waals surface area contributed by atoms with Gasteiger partial charge in [0, 0.05) is 30.4 Å². The lowest BCUT2D eigenvalue weighted by atomic mass is 9.95. The van der Waals surface area contributed by atoms with Crippen LogP contribution in [-0.2, 0) is 14.4 Å². The van der Waals surface area contributed by atoms with Crippen LogP contribution in [0.2, 0.25) is 0 Å². The molecule has 8 nitrogen and oxygen atoms in total. The highest BCUT2D eigenvalue weighted by Gasteiger charge is 2.27. The maximum atomic E-state index is 12.6. The topological polar surface area (TPSA) is 91.0 Å². The Morgan fingerprint density at radius 3 is 2.38 bits per heavy atom. The van der Waals surface area contributed by atoms with Crippen molar-refractivity contribution in [2.75, 3.05) is 51.0 Å². The molecule has 0 unspecified atom stereocenters. The van der Waals surface area contributed by atoms with Crippen LogP contribution in [0.5, 0.6) is 5.75 Å². The van der Waals surface area contributed by atoms with E-state index in [4.69, 9.17) is 4.74 Å². The smallest absolute Gasteiger partial charge is 0.243 e. The molecule has 2 aromatic rings. The third kappa shape index (κ3) is 6.81. The first-order valence-electron chi connectivity index (χ1n) is 10.7. The molecule has 0 spiro atoms. The average molecular weight is 439 g/mol. The van der Waals surface area contributed by atoms with Gasteiger partial charge in [0.15, 0.2) is 0 Å². The summed E-state index contributed by atoms with van der Waals surface area (Å²) in [7, 11) is 3.18. The van der Waals surface area contributed by atoms with E-state index in [9.17, 15) is 14.4 Å². The third-order valence-electron chi connectivity index (χ3n) is 5.52. The predicted molar refractivity (Wildman–Crippen MR) is 123 cm³/mol. The summed E-state index contributed by atoms with van der Waals surface area (Å²) < 4.78 is 5.15. The minimum Gasteiger partial charge on any atom is -0.497 e. The monoisotopic (exact) mass is 438 g/mol. The molecule has 1 fully saturated rings. The minimum atomic E-state index is -0.273. The van der Waals surface area contributed by atoms with E-state index in [1.807, 2.05) is 35.2 Å². The van der Waals surface area contributed by atoms with Crippen molar-refractivity contribution in [1.82, 2.24) is 9.80 Å². The summed E-state index contributed by atoms with van der Waals surface area (Å²) in [5.41, 5.74) is 1.41. The van der Waals surface area contributed by atoms with Gasteiger partial charge in [0.05, 0.1) is 20.2 Å². The predicted octanol–water partition coefficient (Wildman–Crippen LogP) is 2.44. The largest absolute Gasteiger partial charge is 0.497 e. The molecule has 0 atom stereocenters. The van der Waals surface area contributed by atoms with E-state index < -0.39 is 0 Å². The summed E-state index contributed by atoms with van der Waals surface area (Å²) in [6.07, 6.45) is 1.40. The van der Waals surface area contributed by atoms with Crippen molar-refractivity contribution in [1.29, 1.82) is 0 Å². The highest BCUT2D eigenvalue weighted by atomic mass is 16.5. The fourth-order valence-electron chi connectivity index (χ4n) is 3.64. The van der Waals surface area contributed by atoms with Gasteiger partial charge in [-0.15, -0.1) is 0 Å². The molecule has 2 N–H and O–H groups in total. The molecule has 0 aliphatic carbocycles. The molecule has 3 rings (SSSR count). The van der Waals surface area contributed by atoms with Crippen molar-refractivity contribution >= 4 is 29.1 Å². The number of likely N-dealkylation sites (N-methyl/N-ethyl adjacent to an activating group) is 1. The maximum Gasteiger partial charge on any atom is 0.243 e. The van der Waals surface area contributed by atoms with Gasteiger partial charge < -0.3 is 20.3 Å². The Morgan fingerprint density at radius 1 is 1.00 bits per heavy atom. The van der Waals surface area contributed by atoms with E-state index >= 15 is 0 Å². The summed E-state index contributed by atoms with van der Waals surface area (Å²) in [6.45, 7) is 1.53. The molecule has 1 heterocycles. The second-order valence-corrected chi connectivity index (χ2v) is 7.94. The number of anilines is 2. The van der Waals surface area contributed by atoms with E-state index in [-0.39, 0.29) is 36.7 Å². The fraction of sp³-hybridized carbons (Fsp3) is 0.375. The molecule has 0 saturated carbocycles. The number of carbonyl (C=O) groups excluding carboxylic acids is 3. The van der Waals surface area contributed by atoms with E-state index in [0.29, 0.717) is 37.4 Å². The quantitative estimate of drug-likeness (QED) is 0.661. The molecule has 32 heavy (non-hydrogen) atoms. The number of benzene rings is 2. The van der Waals surface area contributed by atoms with Crippen LogP contribution in [0.4, 0.5) is 11.4 Å².